The van der Waals surface area contributed by atoms with E-state index in [1.165, 1.54) is 0 Å². The topological polar surface area (TPSA) is 22.0 Å². The van der Waals surface area contributed by atoms with Crippen molar-refractivity contribution in [2.24, 2.45) is 0 Å². The SMILES string of the molecule is Cc1c(C=O)cc(-c2ccccc2)n1-c1cccc(Cl)c1. The van der Waals surface area contributed by atoms with Crippen molar-refractivity contribution in [3.8, 4) is 16.9 Å². The van der Waals surface area contributed by atoms with Gasteiger partial charge in [-0.1, -0.05) is 48.0 Å². The molecule has 2 aromatic carbocycles. The van der Waals surface area contributed by atoms with Crippen molar-refractivity contribution < 1.29 is 4.79 Å². The minimum Gasteiger partial charge on any atom is -0.313 e. The minimum atomic E-state index is 0.673. The van der Waals surface area contributed by atoms with E-state index in [1.807, 2.05) is 67.6 Å². The van der Waals surface area contributed by atoms with Crippen LogP contribution >= 0.6 is 11.6 Å². The number of rotatable bonds is 3. The molecule has 0 aliphatic heterocycles. The van der Waals surface area contributed by atoms with Crippen molar-refractivity contribution >= 4 is 17.9 Å². The maximum atomic E-state index is 11.3. The fourth-order valence-corrected chi connectivity index (χ4v) is 2.70. The van der Waals surface area contributed by atoms with Gasteiger partial charge < -0.3 is 4.57 Å². The van der Waals surface area contributed by atoms with Crippen molar-refractivity contribution in [1.29, 1.82) is 0 Å². The first kappa shape index (κ1) is 13.7. The van der Waals surface area contributed by atoms with Crippen molar-refractivity contribution in [2.75, 3.05) is 0 Å². The van der Waals surface area contributed by atoms with Crippen molar-refractivity contribution in [3.63, 3.8) is 0 Å². The lowest BCUT2D eigenvalue weighted by Gasteiger charge is -2.12. The number of nitrogens with zero attached hydrogens (tertiary/aromatic N) is 1. The molecule has 1 aromatic heterocycles. The second-order valence-electron chi connectivity index (χ2n) is 4.87. The van der Waals surface area contributed by atoms with Crippen molar-refractivity contribution in [3.05, 3.63) is 76.9 Å². The minimum absolute atomic E-state index is 0.673. The molecular weight excluding hydrogens is 282 g/mol. The average molecular weight is 296 g/mol. The normalized spacial score (nSPS) is 10.6. The maximum absolute atomic E-state index is 11.3. The zero-order chi connectivity index (χ0) is 14.8. The Bertz CT molecular complexity index is 790. The first-order valence-corrected chi connectivity index (χ1v) is 7.07. The molecule has 0 saturated carbocycles. The van der Waals surface area contributed by atoms with Gasteiger partial charge in [-0.2, -0.15) is 0 Å². The second-order valence-corrected chi connectivity index (χ2v) is 5.31. The number of hydrogen-bond donors (Lipinski definition) is 0. The summed E-state index contributed by atoms with van der Waals surface area (Å²) < 4.78 is 2.06. The Kier molecular flexibility index (Phi) is 3.63. The molecule has 0 atom stereocenters. The molecule has 0 bridgehead atoms. The van der Waals surface area contributed by atoms with Gasteiger partial charge in [0.25, 0.3) is 0 Å². The number of carbonyl (C=O) groups excluding carboxylic acids is 1. The van der Waals surface area contributed by atoms with Crippen LogP contribution in [-0.2, 0) is 0 Å². The Morgan fingerprint density at radius 2 is 1.76 bits per heavy atom. The number of halogens is 1. The zero-order valence-corrected chi connectivity index (χ0v) is 12.3. The fourth-order valence-electron chi connectivity index (χ4n) is 2.51. The van der Waals surface area contributed by atoms with Gasteiger partial charge in [0.15, 0.2) is 6.29 Å². The Morgan fingerprint density at radius 3 is 2.43 bits per heavy atom. The van der Waals surface area contributed by atoms with Gasteiger partial charge in [-0.3, -0.25) is 4.79 Å². The van der Waals surface area contributed by atoms with E-state index in [2.05, 4.69) is 4.57 Å². The molecule has 0 fully saturated rings. The number of hydrogen-bond acceptors (Lipinski definition) is 1. The highest BCUT2D eigenvalue weighted by Gasteiger charge is 2.14. The van der Waals surface area contributed by atoms with E-state index in [0.29, 0.717) is 10.6 Å². The smallest absolute Gasteiger partial charge is 0.151 e. The van der Waals surface area contributed by atoms with Crippen LogP contribution in [0.4, 0.5) is 0 Å². The van der Waals surface area contributed by atoms with Crippen LogP contribution in [0.3, 0.4) is 0 Å². The van der Waals surface area contributed by atoms with Gasteiger partial charge in [0, 0.05) is 22.0 Å². The Balaban J connectivity index is 2.28. The molecule has 0 radical (unpaired) electrons. The van der Waals surface area contributed by atoms with Crippen LogP contribution in [0.15, 0.2) is 60.7 Å². The molecule has 3 aromatic rings. The van der Waals surface area contributed by atoms with Crippen LogP contribution in [0.5, 0.6) is 0 Å². The monoisotopic (exact) mass is 295 g/mol. The third kappa shape index (κ3) is 2.50. The van der Waals surface area contributed by atoms with Crippen molar-refractivity contribution in [2.45, 2.75) is 6.92 Å². The fraction of sp³-hybridized carbons (Fsp3) is 0.0556. The highest BCUT2D eigenvalue weighted by atomic mass is 35.5. The summed E-state index contributed by atoms with van der Waals surface area (Å²) in [5.74, 6) is 0. The molecule has 0 aliphatic carbocycles. The molecule has 0 spiro atoms. The molecule has 104 valence electrons. The number of benzene rings is 2. The van der Waals surface area contributed by atoms with Gasteiger partial charge in [-0.25, -0.2) is 0 Å². The van der Waals surface area contributed by atoms with Crippen LogP contribution in [0, 0.1) is 6.92 Å². The Labute approximate surface area is 128 Å². The summed E-state index contributed by atoms with van der Waals surface area (Å²) in [6, 6.07) is 19.6. The van der Waals surface area contributed by atoms with Gasteiger partial charge in [-0.15, -0.1) is 0 Å². The summed E-state index contributed by atoms with van der Waals surface area (Å²) in [6.45, 7) is 1.94. The molecule has 21 heavy (non-hydrogen) atoms. The first-order valence-electron chi connectivity index (χ1n) is 6.69. The average Bonchev–Trinajstić information content (AvgIpc) is 2.85. The highest BCUT2D eigenvalue weighted by molar-refractivity contribution is 6.30. The van der Waals surface area contributed by atoms with Gasteiger partial charge in [-0.05, 0) is 36.8 Å². The molecule has 3 rings (SSSR count). The number of aromatic nitrogens is 1. The van der Waals surface area contributed by atoms with Gasteiger partial charge in [0.1, 0.15) is 0 Å². The molecule has 0 aliphatic rings. The van der Waals surface area contributed by atoms with Crippen LogP contribution in [0.25, 0.3) is 16.9 Å². The summed E-state index contributed by atoms with van der Waals surface area (Å²) in [7, 11) is 0. The number of aldehydes is 1. The van der Waals surface area contributed by atoms with Crippen LogP contribution < -0.4 is 0 Å². The summed E-state index contributed by atoms with van der Waals surface area (Å²) in [5, 5.41) is 0.673. The quantitative estimate of drug-likeness (QED) is 0.629. The Morgan fingerprint density at radius 1 is 1.00 bits per heavy atom. The summed E-state index contributed by atoms with van der Waals surface area (Å²) in [5.41, 5.74) is 4.60. The largest absolute Gasteiger partial charge is 0.313 e. The summed E-state index contributed by atoms with van der Waals surface area (Å²) in [4.78, 5) is 11.3. The van der Waals surface area contributed by atoms with Crippen molar-refractivity contribution in [1.82, 2.24) is 4.57 Å². The lowest BCUT2D eigenvalue weighted by molar-refractivity contribution is 0.112. The predicted molar refractivity (Wildman–Crippen MR) is 86.3 cm³/mol. The Hall–Kier alpha value is -2.32. The second kappa shape index (κ2) is 5.58. The molecule has 0 unspecified atom stereocenters. The third-order valence-corrected chi connectivity index (χ3v) is 3.78. The van der Waals surface area contributed by atoms with Crippen LogP contribution in [0.1, 0.15) is 16.1 Å². The molecule has 0 N–H and O–H groups in total. The van der Waals surface area contributed by atoms with Crippen LogP contribution in [0.2, 0.25) is 5.02 Å². The number of carbonyl (C=O) groups is 1. The van der Waals surface area contributed by atoms with E-state index in [0.717, 1.165) is 28.9 Å². The van der Waals surface area contributed by atoms with Gasteiger partial charge >= 0.3 is 0 Å². The van der Waals surface area contributed by atoms with Gasteiger partial charge in [0.2, 0.25) is 0 Å². The van der Waals surface area contributed by atoms with E-state index in [9.17, 15) is 4.79 Å². The van der Waals surface area contributed by atoms with Crippen LogP contribution in [-0.4, -0.2) is 10.9 Å². The molecule has 2 nitrogen and oxygen atoms in total. The predicted octanol–water partition coefficient (Wildman–Crippen LogP) is 4.92. The molecule has 1 heterocycles. The lowest BCUT2D eigenvalue weighted by atomic mass is 10.1. The zero-order valence-electron chi connectivity index (χ0n) is 11.6. The third-order valence-electron chi connectivity index (χ3n) is 3.55. The van der Waals surface area contributed by atoms with E-state index in [4.69, 9.17) is 11.6 Å². The highest BCUT2D eigenvalue weighted by Crippen LogP contribution is 2.29. The van der Waals surface area contributed by atoms with E-state index in [-0.39, 0.29) is 0 Å². The van der Waals surface area contributed by atoms with E-state index >= 15 is 0 Å². The molecular formula is C18H14ClNO. The molecule has 3 heteroatoms. The molecule has 0 saturated heterocycles. The van der Waals surface area contributed by atoms with Gasteiger partial charge in [0.05, 0.1) is 5.69 Å². The van der Waals surface area contributed by atoms with E-state index < -0.39 is 0 Å². The summed E-state index contributed by atoms with van der Waals surface area (Å²) >= 11 is 6.10. The first-order chi connectivity index (χ1) is 10.2. The van der Waals surface area contributed by atoms with E-state index in [1.54, 1.807) is 0 Å². The standard InChI is InChI=1S/C18H14ClNO/c1-13-15(12-21)10-18(14-6-3-2-4-7-14)20(13)17-9-5-8-16(19)11-17/h2-12H,1H3. The molecule has 0 amide bonds. The lowest BCUT2D eigenvalue weighted by Crippen LogP contribution is -1.99. The maximum Gasteiger partial charge on any atom is 0.151 e. The summed E-state index contributed by atoms with van der Waals surface area (Å²) in [6.07, 6.45) is 0.892.